The van der Waals surface area contributed by atoms with Crippen LogP contribution in [0.1, 0.15) is 22.8 Å². The number of sulfonamides is 1. The summed E-state index contributed by atoms with van der Waals surface area (Å²) in [7, 11) is -3.30. The molecule has 1 heterocycles. The fraction of sp³-hybridized carbons (Fsp3) is 0.278. The highest BCUT2D eigenvalue weighted by atomic mass is 35.5. The summed E-state index contributed by atoms with van der Waals surface area (Å²) in [4.78, 5) is 12.4. The molecule has 0 unspecified atom stereocenters. The number of benzene rings is 2. The third-order valence-electron chi connectivity index (χ3n) is 4.21. The van der Waals surface area contributed by atoms with E-state index in [0.717, 1.165) is 5.56 Å². The third-order valence-corrected chi connectivity index (χ3v) is 6.53. The average molecular weight is 414 g/mol. The van der Waals surface area contributed by atoms with Crippen LogP contribution >= 0.6 is 23.2 Å². The number of anilines is 1. The molecule has 0 amide bonds. The van der Waals surface area contributed by atoms with Crippen LogP contribution in [0.25, 0.3) is 0 Å². The van der Waals surface area contributed by atoms with E-state index in [1.807, 2.05) is 0 Å². The highest BCUT2D eigenvalue weighted by molar-refractivity contribution is 7.92. The molecule has 26 heavy (non-hydrogen) atoms. The Labute approximate surface area is 162 Å². The van der Waals surface area contributed by atoms with E-state index in [2.05, 4.69) is 0 Å². The zero-order valence-corrected chi connectivity index (χ0v) is 16.4. The molecule has 0 radical (unpaired) electrons. The Morgan fingerprint density at radius 1 is 1.19 bits per heavy atom. The van der Waals surface area contributed by atoms with Gasteiger partial charge in [-0.1, -0.05) is 23.2 Å². The lowest BCUT2D eigenvalue weighted by Crippen LogP contribution is -2.30. The fourth-order valence-corrected chi connectivity index (χ4v) is 4.30. The van der Waals surface area contributed by atoms with Gasteiger partial charge in [-0.3, -0.25) is 9.10 Å². The number of carbonyl (C=O) groups is 1. The highest BCUT2D eigenvalue weighted by Gasteiger charge is 2.28. The Morgan fingerprint density at radius 3 is 2.69 bits per heavy atom. The van der Waals surface area contributed by atoms with Crippen LogP contribution in [0, 0.1) is 0 Å². The van der Waals surface area contributed by atoms with E-state index in [1.165, 1.54) is 4.31 Å². The summed E-state index contributed by atoms with van der Waals surface area (Å²) >= 11 is 11.9. The Kier molecular flexibility index (Phi) is 5.46. The second-order valence-corrected chi connectivity index (χ2v) is 8.88. The maximum Gasteiger partial charge on any atom is 0.234 e. The van der Waals surface area contributed by atoms with Crippen LogP contribution in [0.4, 0.5) is 5.69 Å². The lowest BCUT2D eigenvalue weighted by molar-refractivity contribution is 0.0921. The highest BCUT2D eigenvalue weighted by Crippen LogP contribution is 2.32. The Balaban J connectivity index is 1.75. The number of rotatable bonds is 6. The van der Waals surface area contributed by atoms with Crippen LogP contribution in [0.2, 0.25) is 10.0 Å². The molecule has 8 heteroatoms. The number of nitrogens with zero attached hydrogens (tertiary/aromatic N) is 1. The topological polar surface area (TPSA) is 63.7 Å². The van der Waals surface area contributed by atoms with Crippen molar-refractivity contribution in [1.29, 1.82) is 0 Å². The summed E-state index contributed by atoms with van der Waals surface area (Å²) in [6.07, 6.45) is 0.580. The number of hydrogen-bond donors (Lipinski definition) is 0. The predicted molar refractivity (Wildman–Crippen MR) is 103 cm³/mol. The van der Waals surface area contributed by atoms with Crippen molar-refractivity contribution in [3.63, 3.8) is 0 Å². The minimum absolute atomic E-state index is 0.0430. The van der Waals surface area contributed by atoms with E-state index in [0.29, 0.717) is 40.0 Å². The van der Waals surface area contributed by atoms with Crippen molar-refractivity contribution in [1.82, 2.24) is 0 Å². The lowest BCUT2D eigenvalue weighted by Gasteiger charge is -2.18. The van der Waals surface area contributed by atoms with Gasteiger partial charge >= 0.3 is 0 Å². The second-order valence-electron chi connectivity index (χ2n) is 5.85. The van der Waals surface area contributed by atoms with Crippen LogP contribution < -0.4 is 9.04 Å². The average Bonchev–Trinajstić information content (AvgIpc) is 3.06. The molecule has 0 aromatic heterocycles. The fourth-order valence-electron chi connectivity index (χ4n) is 2.80. The first-order valence-electron chi connectivity index (χ1n) is 8.06. The SMILES string of the molecule is CCS(=O)(=O)N1CCc2cc(C(=O)COc3cc(Cl)ccc3Cl)ccc21. The monoisotopic (exact) mass is 413 g/mol. The second kappa shape index (κ2) is 7.47. The number of fused-ring (bicyclic) bond motifs is 1. The van der Waals surface area contributed by atoms with E-state index >= 15 is 0 Å². The van der Waals surface area contributed by atoms with E-state index in [4.69, 9.17) is 27.9 Å². The molecule has 0 aliphatic carbocycles. The summed E-state index contributed by atoms with van der Waals surface area (Å²) < 4.78 is 31.1. The van der Waals surface area contributed by atoms with Crippen molar-refractivity contribution in [3.8, 4) is 5.75 Å². The maximum atomic E-state index is 12.4. The van der Waals surface area contributed by atoms with Gasteiger partial charge in [-0.2, -0.15) is 0 Å². The van der Waals surface area contributed by atoms with Gasteiger partial charge in [0.05, 0.1) is 16.5 Å². The molecule has 2 aromatic carbocycles. The molecule has 5 nitrogen and oxygen atoms in total. The number of ketones is 1. The first-order chi connectivity index (χ1) is 12.3. The van der Waals surface area contributed by atoms with Gasteiger partial charge in [0.1, 0.15) is 5.75 Å². The normalized spacial score (nSPS) is 13.6. The van der Waals surface area contributed by atoms with E-state index in [-0.39, 0.29) is 18.1 Å². The summed E-state index contributed by atoms with van der Waals surface area (Å²) in [5.41, 5.74) is 1.95. The minimum Gasteiger partial charge on any atom is -0.484 e. The first-order valence-corrected chi connectivity index (χ1v) is 10.4. The molecule has 0 saturated carbocycles. The predicted octanol–water partition coefficient (Wildman–Crippen LogP) is 3.97. The van der Waals surface area contributed by atoms with Gasteiger partial charge in [0.25, 0.3) is 0 Å². The summed E-state index contributed by atoms with van der Waals surface area (Å²) in [5.74, 6) is 0.163. The molecular formula is C18H17Cl2NO4S. The zero-order valence-electron chi connectivity index (χ0n) is 14.0. The molecule has 0 spiro atoms. The van der Waals surface area contributed by atoms with Gasteiger partial charge in [-0.05, 0) is 49.2 Å². The molecule has 0 atom stereocenters. The largest absolute Gasteiger partial charge is 0.484 e. The molecule has 0 N–H and O–H groups in total. The van der Waals surface area contributed by atoms with Gasteiger partial charge in [0.2, 0.25) is 10.0 Å². The van der Waals surface area contributed by atoms with Gasteiger partial charge in [-0.15, -0.1) is 0 Å². The van der Waals surface area contributed by atoms with Crippen molar-refractivity contribution in [2.75, 3.05) is 23.2 Å². The quantitative estimate of drug-likeness (QED) is 0.672. The molecule has 1 aliphatic rings. The molecule has 3 rings (SSSR count). The Hall–Kier alpha value is -1.76. The summed E-state index contributed by atoms with van der Waals surface area (Å²) in [6.45, 7) is 1.83. The van der Waals surface area contributed by atoms with Crippen molar-refractivity contribution < 1.29 is 17.9 Å². The number of Topliss-reactive ketones (excluding diaryl/α,β-unsaturated/α-hetero) is 1. The van der Waals surface area contributed by atoms with Gasteiger partial charge < -0.3 is 4.74 Å². The van der Waals surface area contributed by atoms with Crippen LogP contribution in [0.3, 0.4) is 0 Å². The zero-order chi connectivity index (χ0) is 18.9. The van der Waals surface area contributed by atoms with E-state index in [9.17, 15) is 13.2 Å². The molecule has 138 valence electrons. The summed E-state index contributed by atoms with van der Waals surface area (Å²) in [5, 5.41) is 0.836. The molecule has 0 bridgehead atoms. The van der Waals surface area contributed by atoms with Gasteiger partial charge in [0, 0.05) is 23.2 Å². The van der Waals surface area contributed by atoms with E-state index in [1.54, 1.807) is 43.3 Å². The lowest BCUT2D eigenvalue weighted by atomic mass is 10.1. The maximum absolute atomic E-state index is 12.4. The van der Waals surface area contributed by atoms with Crippen molar-refractivity contribution in [3.05, 3.63) is 57.6 Å². The Morgan fingerprint density at radius 2 is 1.96 bits per heavy atom. The Bertz CT molecular complexity index is 960. The van der Waals surface area contributed by atoms with Crippen molar-refractivity contribution in [2.24, 2.45) is 0 Å². The van der Waals surface area contributed by atoms with Crippen LogP contribution in [-0.4, -0.2) is 33.1 Å². The number of halogens is 2. The third kappa shape index (κ3) is 3.82. The van der Waals surface area contributed by atoms with Crippen LogP contribution in [0.5, 0.6) is 5.75 Å². The van der Waals surface area contributed by atoms with Crippen LogP contribution in [-0.2, 0) is 16.4 Å². The minimum atomic E-state index is -3.30. The smallest absolute Gasteiger partial charge is 0.234 e. The number of carbonyl (C=O) groups excluding carboxylic acids is 1. The molecular weight excluding hydrogens is 397 g/mol. The standard InChI is InChI=1S/C18H17Cl2NO4S/c1-2-26(23,24)21-8-7-12-9-13(3-6-16(12)21)17(22)11-25-18-10-14(19)4-5-15(18)20/h3-6,9-10H,2,7-8,11H2,1H3. The first kappa shape index (κ1) is 19.0. The van der Waals surface area contributed by atoms with Crippen molar-refractivity contribution >= 4 is 44.7 Å². The molecule has 0 fully saturated rings. The van der Waals surface area contributed by atoms with Crippen molar-refractivity contribution in [2.45, 2.75) is 13.3 Å². The van der Waals surface area contributed by atoms with Crippen LogP contribution in [0.15, 0.2) is 36.4 Å². The van der Waals surface area contributed by atoms with E-state index < -0.39 is 10.0 Å². The van der Waals surface area contributed by atoms with Gasteiger partial charge in [0.15, 0.2) is 12.4 Å². The molecule has 0 saturated heterocycles. The number of hydrogen-bond acceptors (Lipinski definition) is 4. The molecule has 1 aliphatic heterocycles. The van der Waals surface area contributed by atoms with Gasteiger partial charge in [-0.25, -0.2) is 8.42 Å². The summed E-state index contributed by atoms with van der Waals surface area (Å²) in [6, 6.07) is 9.80. The molecule has 2 aromatic rings. The number of ether oxygens (including phenoxy) is 1.